The van der Waals surface area contributed by atoms with Crippen LogP contribution in [0, 0.1) is 0 Å². The second kappa shape index (κ2) is 9.92. The number of thioether (sulfide) groups is 1. The maximum Gasteiger partial charge on any atom is 0.221 e. The van der Waals surface area contributed by atoms with Crippen molar-refractivity contribution in [2.45, 2.75) is 30.2 Å². The van der Waals surface area contributed by atoms with Gasteiger partial charge in [-0.1, -0.05) is 0 Å². The van der Waals surface area contributed by atoms with Gasteiger partial charge in [-0.25, -0.2) is 0 Å². The van der Waals surface area contributed by atoms with Crippen LogP contribution in [0.4, 0.5) is 0 Å². The average Bonchev–Trinajstić information content (AvgIpc) is 2.49. The van der Waals surface area contributed by atoms with Crippen molar-refractivity contribution in [3.05, 3.63) is 24.3 Å². The quantitative estimate of drug-likeness (QED) is 0.787. The summed E-state index contributed by atoms with van der Waals surface area (Å²) in [5.74, 6) is 1.83. The minimum Gasteiger partial charge on any atom is -0.497 e. The van der Waals surface area contributed by atoms with Crippen molar-refractivity contribution in [3.8, 4) is 5.75 Å². The lowest BCUT2D eigenvalue weighted by molar-refractivity contribution is -0.121. The van der Waals surface area contributed by atoms with Gasteiger partial charge >= 0.3 is 0 Å². The van der Waals surface area contributed by atoms with E-state index in [9.17, 15) is 4.79 Å². The number of halogens is 1. The molecule has 1 heterocycles. The number of hydrogen-bond donors (Lipinski definition) is 2. The molecule has 1 aliphatic rings. The van der Waals surface area contributed by atoms with Crippen LogP contribution in [0.2, 0.25) is 0 Å². The van der Waals surface area contributed by atoms with E-state index in [0.29, 0.717) is 12.5 Å². The van der Waals surface area contributed by atoms with Gasteiger partial charge in [-0.05, 0) is 50.2 Å². The fourth-order valence-corrected chi connectivity index (χ4v) is 3.05. The van der Waals surface area contributed by atoms with E-state index in [2.05, 4.69) is 10.6 Å². The van der Waals surface area contributed by atoms with Crippen molar-refractivity contribution >= 4 is 30.1 Å². The summed E-state index contributed by atoms with van der Waals surface area (Å²) in [4.78, 5) is 13.0. The molecular weight excluding hydrogens is 308 g/mol. The van der Waals surface area contributed by atoms with Gasteiger partial charge in [0.05, 0.1) is 7.11 Å². The molecule has 1 amide bonds. The van der Waals surface area contributed by atoms with Crippen LogP contribution in [0.25, 0.3) is 0 Å². The van der Waals surface area contributed by atoms with Crippen LogP contribution in [0.1, 0.15) is 19.3 Å². The lowest BCUT2D eigenvalue weighted by atomic mass is 10.1. The molecule has 0 atom stereocenters. The number of methoxy groups -OCH3 is 1. The first kappa shape index (κ1) is 18.1. The minimum atomic E-state index is 0. The Kier molecular flexibility index (Phi) is 8.57. The third-order valence-corrected chi connectivity index (χ3v) is 4.38. The number of piperidine rings is 1. The SMILES string of the molecule is COc1ccc(SCCC(=O)NC2CCNCC2)cc1.Cl. The molecule has 0 aromatic heterocycles. The van der Waals surface area contributed by atoms with E-state index in [4.69, 9.17) is 4.74 Å². The Bertz CT molecular complexity index is 422. The Balaban J connectivity index is 0.00000220. The van der Waals surface area contributed by atoms with Crippen LogP contribution in [0.3, 0.4) is 0 Å². The summed E-state index contributed by atoms with van der Waals surface area (Å²) < 4.78 is 5.12. The predicted molar refractivity (Wildman–Crippen MR) is 89.6 cm³/mol. The first-order valence-electron chi connectivity index (χ1n) is 7.05. The summed E-state index contributed by atoms with van der Waals surface area (Å²) >= 11 is 1.70. The highest BCUT2D eigenvalue weighted by molar-refractivity contribution is 7.99. The van der Waals surface area contributed by atoms with Gasteiger partial charge < -0.3 is 15.4 Å². The summed E-state index contributed by atoms with van der Waals surface area (Å²) in [7, 11) is 1.66. The molecule has 0 spiro atoms. The molecule has 21 heavy (non-hydrogen) atoms. The van der Waals surface area contributed by atoms with Gasteiger partial charge in [0.25, 0.3) is 0 Å². The van der Waals surface area contributed by atoms with E-state index in [1.165, 1.54) is 4.90 Å². The highest BCUT2D eigenvalue weighted by Gasteiger charge is 2.14. The molecule has 4 nitrogen and oxygen atoms in total. The van der Waals surface area contributed by atoms with Crippen LogP contribution < -0.4 is 15.4 Å². The maximum absolute atomic E-state index is 11.8. The first-order chi connectivity index (χ1) is 9.78. The highest BCUT2D eigenvalue weighted by Crippen LogP contribution is 2.21. The smallest absolute Gasteiger partial charge is 0.221 e. The molecule has 0 saturated carbocycles. The van der Waals surface area contributed by atoms with Gasteiger partial charge in [0.2, 0.25) is 5.91 Å². The number of nitrogens with one attached hydrogen (secondary N) is 2. The van der Waals surface area contributed by atoms with E-state index in [1.807, 2.05) is 24.3 Å². The van der Waals surface area contributed by atoms with E-state index in [-0.39, 0.29) is 18.3 Å². The number of hydrogen-bond acceptors (Lipinski definition) is 4. The first-order valence-corrected chi connectivity index (χ1v) is 8.03. The summed E-state index contributed by atoms with van der Waals surface area (Å²) in [6.07, 6.45) is 2.65. The third kappa shape index (κ3) is 6.59. The molecule has 1 aliphatic heterocycles. The zero-order valence-corrected chi connectivity index (χ0v) is 13.9. The number of carbonyl (C=O) groups is 1. The Labute approximate surface area is 136 Å². The monoisotopic (exact) mass is 330 g/mol. The Morgan fingerprint density at radius 2 is 2.00 bits per heavy atom. The van der Waals surface area contributed by atoms with Gasteiger partial charge in [0, 0.05) is 23.1 Å². The van der Waals surface area contributed by atoms with Crippen molar-refractivity contribution in [2.24, 2.45) is 0 Å². The van der Waals surface area contributed by atoms with Crippen molar-refractivity contribution in [3.63, 3.8) is 0 Å². The van der Waals surface area contributed by atoms with Crippen molar-refractivity contribution in [2.75, 3.05) is 26.0 Å². The molecule has 1 aromatic rings. The molecular formula is C15H23ClN2O2S. The van der Waals surface area contributed by atoms with Crippen molar-refractivity contribution in [1.29, 1.82) is 0 Å². The van der Waals surface area contributed by atoms with Crippen LogP contribution >= 0.6 is 24.2 Å². The van der Waals surface area contributed by atoms with Gasteiger partial charge in [-0.15, -0.1) is 24.2 Å². The maximum atomic E-state index is 11.8. The predicted octanol–water partition coefficient (Wildman–Crippen LogP) is 2.47. The summed E-state index contributed by atoms with van der Waals surface area (Å²) in [5, 5.41) is 6.41. The van der Waals surface area contributed by atoms with Crippen LogP contribution in [0.5, 0.6) is 5.75 Å². The number of ether oxygens (including phenoxy) is 1. The Morgan fingerprint density at radius 3 is 2.62 bits per heavy atom. The standard InChI is InChI=1S/C15H22N2O2S.ClH/c1-19-13-2-4-14(5-3-13)20-11-8-15(18)17-12-6-9-16-10-7-12;/h2-5,12,16H,6-11H2,1H3,(H,17,18);1H. The molecule has 6 heteroatoms. The molecule has 0 radical (unpaired) electrons. The van der Waals surface area contributed by atoms with Crippen LogP contribution in [-0.4, -0.2) is 37.9 Å². The third-order valence-electron chi connectivity index (χ3n) is 3.36. The molecule has 1 aromatic carbocycles. The fourth-order valence-electron chi connectivity index (χ4n) is 2.20. The van der Waals surface area contributed by atoms with E-state index < -0.39 is 0 Å². The lowest BCUT2D eigenvalue weighted by Gasteiger charge is -2.23. The summed E-state index contributed by atoms with van der Waals surface area (Å²) in [6.45, 7) is 2.01. The zero-order chi connectivity index (χ0) is 14.2. The highest BCUT2D eigenvalue weighted by atomic mass is 35.5. The summed E-state index contributed by atoms with van der Waals surface area (Å²) in [5.41, 5.74) is 0. The number of amides is 1. The molecule has 2 N–H and O–H groups in total. The van der Waals surface area contributed by atoms with Crippen molar-refractivity contribution in [1.82, 2.24) is 10.6 Å². The van der Waals surface area contributed by atoms with Crippen LogP contribution in [-0.2, 0) is 4.79 Å². The van der Waals surface area contributed by atoms with Gasteiger partial charge in [0.15, 0.2) is 0 Å². The van der Waals surface area contributed by atoms with E-state index in [1.54, 1.807) is 18.9 Å². The Morgan fingerprint density at radius 1 is 1.33 bits per heavy atom. The fraction of sp³-hybridized carbons (Fsp3) is 0.533. The van der Waals surface area contributed by atoms with Gasteiger partial charge in [0.1, 0.15) is 5.75 Å². The number of carbonyl (C=O) groups excluding carboxylic acids is 1. The normalized spacial score (nSPS) is 15.1. The number of benzene rings is 1. The minimum absolute atomic E-state index is 0. The Hall–Kier alpha value is -0.910. The molecule has 118 valence electrons. The van der Waals surface area contributed by atoms with Crippen LogP contribution in [0.15, 0.2) is 29.2 Å². The second-order valence-electron chi connectivity index (χ2n) is 4.87. The molecule has 0 bridgehead atoms. The molecule has 1 saturated heterocycles. The topological polar surface area (TPSA) is 50.4 Å². The van der Waals surface area contributed by atoms with Gasteiger partial charge in [-0.3, -0.25) is 4.79 Å². The van der Waals surface area contributed by atoms with Crippen molar-refractivity contribution < 1.29 is 9.53 Å². The van der Waals surface area contributed by atoms with Gasteiger partial charge in [-0.2, -0.15) is 0 Å². The molecule has 0 aliphatic carbocycles. The molecule has 2 rings (SSSR count). The number of rotatable bonds is 6. The van der Waals surface area contributed by atoms with E-state index >= 15 is 0 Å². The van der Waals surface area contributed by atoms with E-state index in [0.717, 1.165) is 37.4 Å². The molecule has 1 fully saturated rings. The zero-order valence-electron chi connectivity index (χ0n) is 12.3. The average molecular weight is 331 g/mol. The second-order valence-corrected chi connectivity index (χ2v) is 6.03. The summed E-state index contributed by atoms with van der Waals surface area (Å²) in [6, 6.07) is 8.28. The molecule has 0 unspecified atom stereocenters. The largest absolute Gasteiger partial charge is 0.497 e. The lowest BCUT2D eigenvalue weighted by Crippen LogP contribution is -2.42.